The standard InChI is InChI=1S/C10H15Br2NO2/c1-5(2)3-7(13)9(14)8-4-6(11)10(12)15-8/h4-5,7,9,14H,3,13H2,1-2H3. The molecule has 0 saturated heterocycles. The molecule has 0 radical (unpaired) electrons. The predicted molar refractivity (Wildman–Crippen MR) is 66.5 cm³/mol. The van der Waals surface area contributed by atoms with Gasteiger partial charge in [0.25, 0.3) is 0 Å². The first-order chi connectivity index (χ1) is 6.91. The van der Waals surface area contributed by atoms with E-state index in [1.54, 1.807) is 6.07 Å². The summed E-state index contributed by atoms with van der Waals surface area (Å²) in [7, 11) is 0. The molecule has 1 aromatic heterocycles. The molecule has 2 unspecified atom stereocenters. The number of halogens is 2. The molecule has 1 rings (SSSR count). The second-order valence-corrected chi connectivity index (χ2v) is 5.58. The Kier molecular flexibility index (Phi) is 4.83. The zero-order chi connectivity index (χ0) is 11.6. The van der Waals surface area contributed by atoms with Crippen LogP contribution < -0.4 is 5.73 Å². The van der Waals surface area contributed by atoms with Crippen molar-refractivity contribution in [2.45, 2.75) is 32.4 Å². The summed E-state index contributed by atoms with van der Waals surface area (Å²) in [5, 5.41) is 9.92. The van der Waals surface area contributed by atoms with E-state index in [1.165, 1.54) is 0 Å². The van der Waals surface area contributed by atoms with Gasteiger partial charge in [0.1, 0.15) is 11.9 Å². The van der Waals surface area contributed by atoms with Gasteiger partial charge in [-0.3, -0.25) is 0 Å². The molecule has 1 heterocycles. The quantitative estimate of drug-likeness (QED) is 0.884. The lowest BCUT2D eigenvalue weighted by Gasteiger charge is -2.18. The predicted octanol–water partition coefficient (Wildman–Crippen LogP) is 3.21. The summed E-state index contributed by atoms with van der Waals surface area (Å²) < 4.78 is 6.68. The molecule has 0 spiro atoms. The number of rotatable bonds is 4. The molecule has 5 heteroatoms. The van der Waals surface area contributed by atoms with Gasteiger partial charge < -0.3 is 15.3 Å². The van der Waals surface area contributed by atoms with E-state index in [0.717, 1.165) is 10.9 Å². The van der Waals surface area contributed by atoms with Crippen LogP contribution in [0.5, 0.6) is 0 Å². The molecule has 86 valence electrons. The van der Waals surface area contributed by atoms with Gasteiger partial charge in [0.15, 0.2) is 4.67 Å². The fourth-order valence-corrected chi connectivity index (χ4v) is 2.00. The second-order valence-electron chi connectivity index (χ2n) is 4.01. The van der Waals surface area contributed by atoms with Crippen LogP contribution in [0.3, 0.4) is 0 Å². The van der Waals surface area contributed by atoms with Crippen molar-refractivity contribution in [1.29, 1.82) is 0 Å². The van der Waals surface area contributed by atoms with Gasteiger partial charge in [0, 0.05) is 6.04 Å². The number of furan rings is 1. The second kappa shape index (κ2) is 5.48. The van der Waals surface area contributed by atoms with Crippen LogP contribution in [-0.2, 0) is 0 Å². The maximum atomic E-state index is 9.92. The number of aliphatic hydroxyl groups is 1. The fourth-order valence-electron chi connectivity index (χ4n) is 1.39. The molecular formula is C10H15Br2NO2. The lowest BCUT2D eigenvalue weighted by molar-refractivity contribution is 0.111. The first-order valence-corrected chi connectivity index (χ1v) is 6.38. The Labute approximate surface area is 106 Å². The van der Waals surface area contributed by atoms with Crippen molar-refractivity contribution in [3.8, 4) is 0 Å². The topological polar surface area (TPSA) is 59.4 Å². The summed E-state index contributed by atoms with van der Waals surface area (Å²) in [5.74, 6) is 0.943. The summed E-state index contributed by atoms with van der Waals surface area (Å²) in [6, 6.07) is 1.43. The average molecular weight is 341 g/mol. The molecule has 0 amide bonds. The van der Waals surface area contributed by atoms with Gasteiger partial charge in [0.2, 0.25) is 0 Å². The zero-order valence-corrected chi connectivity index (χ0v) is 11.9. The third-order valence-electron chi connectivity index (χ3n) is 2.10. The molecule has 0 aliphatic heterocycles. The summed E-state index contributed by atoms with van der Waals surface area (Å²) >= 11 is 6.51. The summed E-state index contributed by atoms with van der Waals surface area (Å²) in [4.78, 5) is 0. The Morgan fingerprint density at radius 1 is 1.47 bits per heavy atom. The monoisotopic (exact) mass is 339 g/mol. The largest absolute Gasteiger partial charge is 0.450 e. The highest BCUT2D eigenvalue weighted by Gasteiger charge is 2.22. The molecular weight excluding hydrogens is 326 g/mol. The molecule has 15 heavy (non-hydrogen) atoms. The highest BCUT2D eigenvalue weighted by molar-refractivity contribution is 9.13. The molecule has 0 aromatic carbocycles. The Morgan fingerprint density at radius 3 is 2.47 bits per heavy atom. The fraction of sp³-hybridized carbons (Fsp3) is 0.600. The van der Waals surface area contributed by atoms with E-state index in [9.17, 15) is 5.11 Å². The van der Waals surface area contributed by atoms with E-state index in [-0.39, 0.29) is 6.04 Å². The highest BCUT2D eigenvalue weighted by Crippen LogP contribution is 2.31. The van der Waals surface area contributed by atoms with E-state index >= 15 is 0 Å². The van der Waals surface area contributed by atoms with Gasteiger partial charge in [-0.05, 0) is 50.3 Å². The lowest BCUT2D eigenvalue weighted by atomic mass is 9.99. The summed E-state index contributed by atoms with van der Waals surface area (Å²) in [6.07, 6.45) is 0.00639. The Balaban J connectivity index is 2.71. The third-order valence-corrected chi connectivity index (χ3v) is 3.81. The van der Waals surface area contributed by atoms with Crippen LogP contribution in [0.2, 0.25) is 0 Å². The molecule has 2 atom stereocenters. The maximum absolute atomic E-state index is 9.92. The molecule has 3 N–H and O–H groups in total. The molecule has 0 saturated carbocycles. The smallest absolute Gasteiger partial charge is 0.183 e. The van der Waals surface area contributed by atoms with Crippen LogP contribution in [0.15, 0.2) is 19.6 Å². The minimum atomic E-state index is -0.755. The highest BCUT2D eigenvalue weighted by atomic mass is 79.9. The minimum Gasteiger partial charge on any atom is -0.450 e. The first-order valence-electron chi connectivity index (χ1n) is 4.80. The molecule has 3 nitrogen and oxygen atoms in total. The molecule has 1 aromatic rings. The van der Waals surface area contributed by atoms with Crippen molar-refractivity contribution >= 4 is 31.9 Å². The SMILES string of the molecule is CC(C)CC(N)C(O)c1cc(Br)c(Br)o1. The molecule has 0 aliphatic carbocycles. The van der Waals surface area contributed by atoms with Crippen LogP contribution in [0.25, 0.3) is 0 Å². The Bertz CT molecular complexity index is 306. The van der Waals surface area contributed by atoms with Crippen LogP contribution in [0.1, 0.15) is 32.1 Å². The van der Waals surface area contributed by atoms with Gasteiger partial charge in [-0.1, -0.05) is 13.8 Å². The number of hydrogen-bond donors (Lipinski definition) is 2. The number of aliphatic hydroxyl groups excluding tert-OH is 1. The van der Waals surface area contributed by atoms with Crippen LogP contribution in [0.4, 0.5) is 0 Å². The van der Waals surface area contributed by atoms with Crippen molar-refractivity contribution in [1.82, 2.24) is 0 Å². The molecule has 0 fully saturated rings. The molecule has 0 aliphatic rings. The van der Waals surface area contributed by atoms with Gasteiger partial charge >= 0.3 is 0 Å². The first kappa shape index (κ1) is 13.2. The van der Waals surface area contributed by atoms with E-state index in [4.69, 9.17) is 10.2 Å². The normalized spacial score (nSPS) is 15.7. The van der Waals surface area contributed by atoms with Crippen molar-refractivity contribution in [2.75, 3.05) is 0 Å². The maximum Gasteiger partial charge on any atom is 0.183 e. The van der Waals surface area contributed by atoms with Crippen molar-refractivity contribution in [3.63, 3.8) is 0 Å². The van der Waals surface area contributed by atoms with E-state index in [1.807, 2.05) is 0 Å². The third kappa shape index (κ3) is 3.59. The summed E-state index contributed by atoms with van der Waals surface area (Å²) in [6.45, 7) is 4.14. The van der Waals surface area contributed by atoms with Gasteiger partial charge in [-0.25, -0.2) is 0 Å². The number of nitrogens with two attached hydrogens (primary N) is 1. The van der Waals surface area contributed by atoms with E-state index < -0.39 is 6.10 Å². The van der Waals surface area contributed by atoms with Gasteiger partial charge in [0.05, 0.1) is 4.47 Å². The summed E-state index contributed by atoms with van der Waals surface area (Å²) in [5.41, 5.74) is 5.87. The average Bonchev–Trinajstić information content (AvgIpc) is 2.44. The number of hydrogen-bond acceptors (Lipinski definition) is 3. The van der Waals surface area contributed by atoms with Crippen LogP contribution in [-0.4, -0.2) is 11.1 Å². The van der Waals surface area contributed by atoms with E-state index in [2.05, 4.69) is 45.7 Å². The minimum absolute atomic E-state index is 0.296. The lowest BCUT2D eigenvalue weighted by Crippen LogP contribution is -2.29. The van der Waals surface area contributed by atoms with E-state index in [0.29, 0.717) is 16.3 Å². The Hall–Kier alpha value is 0.160. The Morgan fingerprint density at radius 2 is 2.07 bits per heavy atom. The van der Waals surface area contributed by atoms with Gasteiger partial charge in [-0.15, -0.1) is 0 Å². The van der Waals surface area contributed by atoms with Crippen molar-refractivity contribution < 1.29 is 9.52 Å². The molecule has 0 bridgehead atoms. The van der Waals surface area contributed by atoms with Crippen molar-refractivity contribution in [3.05, 3.63) is 21.0 Å². The zero-order valence-electron chi connectivity index (χ0n) is 8.71. The van der Waals surface area contributed by atoms with Crippen LogP contribution in [0, 0.1) is 5.92 Å². The van der Waals surface area contributed by atoms with Crippen LogP contribution >= 0.6 is 31.9 Å². The van der Waals surface area contributed by atoms with Gasteiger partial charge in [-0.2, -0.15) is 0 Å². The van der Waals surface area contributed by atoms with Crippen molar-refractivity contribution in [2.24, 2.45) is 11.7 Å².